The topological polar surface area (TPSA) is 38.9 Å². The van der Waals surface area contributed by atoms with Gasteiger partial charge in [-0.05, 0) is 28.8 Å². The fourth-order valence-electron chi connectivity index (χ4n) is 3.27. The average Bonchev–Trinajstić information content (AvgIpc) is 3.12. The number of hydrogen-bond acceptors (Lipinski definition) is 3. The smallest absolute Gasteiger partial charge is 0.182 e. The molecule has 5 rings (SSSR count). The Labute approximate surface area is 114 Å². The van der Waals surface area contributed by atoms with Crippen LogP contribution in [-0.2, 0) is 6.42 Å². The average molecular weight is 258 g/mol. The largest absolute Gasteiger partial charge is 0.443 e. The highest BCUT2D eigenvalue weighted by molar-refractivity contribution is 6.12. The van der Waals surface area contributed by atoms with Crippen molar-refractivity contribution in [2.75, 3.05) is 0 Å². The summed E-state index contributed by atoms with van der Waals surface area (Å²) in [5.74, 6) is 0. The molecule has 3 nitrogen and oxygen atoms in total. The third kappa shape index (κ3) is 1.11. The van der Waals surface area contributed by atoms with Gasteiger partial charge in [0.25, 0.3) is 0 Å². The van der Waals surface area contributed by atoms with E-state index in [9.17, 15) is 0 Å². The molecule has 0 amide bonds. The van der Waals surface area contributed by atoms with E-state index < -0.39 is 0 Å². The summed E-state index contributed by atoms with van der Waals surface area (Å²) in [5, 5.41) is 1.04. The maximum Gasteiger partial charge on any atom is 0.182 e. The first kappa shape index (κ1) is 10.1. The summed E-state index contributed by atoms with van der Waals surface area (Å²) in [6.07, 6.45) is 4.27. The van der Waals surface area contributed by atoms with Gasteiger partial charge in [-0.1, -0.05) is 24.3 Å². The van der Waals surface area contributed by atoms with E-state index in [1.54, 1.807) is 0 Å². The minimum Gasteiger partial charge on any atom is -0.443 e. The number of nitrogens with zero attached hydrogens (tertiary/aromatic N) is 2. The Kier molecular flexibility index (Phi) is 1.75. The molecule has 2 aromatic heterocycles. The predicted molar refractivity (Wildman–Crippen MR) is 77.6 cm³/mol. The molecule has 0 radical (unpaired) electrons. The first-order valence-electron chi connectivity index (χ1n) is 6.64. The molecule has 3 heteroatoms. The van der Waals surface area contributed by atoms with Crippen LogP contribution >= 0.6 is 0 Å². The summed E-state index contributed by atoms with van der Waals surface area (Å²) in [6.45, 7) is 0. The summed E-state index contributed by atoms with van der Waals surface area (Å²) in [6, 6.07) is 12.5. The second-order valence-corrected chi connectivity index (χ2v) is 5.12. The van der Waals surface area contributed by atoms with Crippen molar-refractivity contribution in [2.45, 2.75) is 6.42 Å². The van der Waals surface area contributed by atoms with Gasteiger partial charge in [-0.15, -0.1) is 0 Å². The molecule has 1 aliphatic carbocycles. The molecule has 20 heavy (non-hydrogen) atoms. The van der Waals surface area contributed by atoms with Gasteiger partial charge in [0.2, 0.25) is 0 Å². The number of rotatable bonds is 0. The monoisotopic (exact) mass is 258 g/mol. The van der Waals surface area contributed by atoms with Crippen LogP contribution in [-0.4, -0.2) is 9.97 Å². The molecule has 0 spiro atoms. The van der Waals surface area contributed by atoms with Crippen molar-refractivity contribution in [3.63, 3.8) is 0 Å². The Hall–Kier alpha value is -2.68. The number of pyridine rings is 1. The van der Waals surface area contributed by atoms with Crippen LogP contribution in [0.15, 0.2) is 53.4 Å². The van der Waals surface area contributed by atoms with Crippen molar-refractivity contribution in [3.05, 3.63) is 60.1 Å². The fourth-order valence-corrected chi connectivity index (χ4v) is 3.27. The zero-order chi connectivity index (χ0) is 13.1. The van der Waals surface area contributed by atoms with E-state index in [0.717, 1.165) is 28.4 Å². The summed E-state index contributed by atoms with van der Waals surface area (Å²) >= 11 is 0. The quantitative estimate of drug-likeness (QED) is 0.422. The highest BCUT2D eigenvalue weighted by atomic mass is 16.3. The lowest BCUT2D eigenvalue weighted by molar-refractivity contribution is 0.605. The zero-order valence-corrected chi connectivity index (χ0v) is 10.6. The summed E-state index contributed by atoms with van der Waals surface area (Å²) in [4.78, 5) is 9.02. The van der Waals surface area contributed by atoms with Gasteiger partial charge in [-0.25, -0.2) is 4.98 Å². The molecule has 0 N–H and O–H groups in total. The van der Waals surface area contributed by atoms with Gasteiger partial charge < -0.3 is 4.42 Å². The lowest BCUT2D eigenvalue weighted by Crippen LogP contribution is -1.88. The highest BCUT2D eigenvalue weighted by Crippen LogP contribution is 2.44. The molecule has 2 aromatic carbocycles. The molecule has 2 heterocycles. The van der Waals surface area contributed by atoms with Crippen molar-refractivity contribution in [1.82, 2.24) is 9.97 Å². The van der Waals surface area contributed by atoms with E-state index in [0.29, 0.717) is 0 Å². The summed E-state index contributed by atoms with van der Waals surface area (Å²) in [7, 11) is 0. The second-order valence-electron chi connectivity index (χ2n) is 5.12. The molecular formula is C17H10N2O. The van der Waals surface area contributed by atoms with Crippen LogP contribution in [0.3, 0.4) is 0 Å². The van der Waals surface area contributed by atoms with Crippen LogP contribution in [0.4, 0.5) is 0 Å². The number of aromatic nitrogens is 2. The molecular weight excluding hydrogens is 248 g/mol. The van der Waals surface area contributed by atoms with Crippen molar-refractivity contribution < 1.29 is 4.42 Å². The lowest BCUT2D eigenvalue weighted by Gasteiger charge is -2.06. The van der Waals surface area contributed by atoms with E-state index in [4.69, 9.17) is 4.42 Å². The van der Waals surface area contributed by atoms with Crippen LogP contribution in [0.25, 0.3) is 33.1 Å². The van der Waals surface area contributed by atoms with Crippen molar-refractivity contribution in [2.24, 2.45) is 0 Å². The van der Waals surface area contributed by atoms with Gasteiger partial charge in [-0.3, -0.25) is 4.98 Å². The SMILES string of the molecule is c1ccc2c(c1)Cc1c-2c2ncccc2c2ocnc12. The van der Waals surface area contributed by atoms with Gasteiger partial charge in [0.1, 0.15) is 5.52 Å². The second kappa shape index (κ2) is 3.45. The molecule has 94 valence electrons. The van der Waals surface area contributed by atoms with E-state index >= 15 is 0 Å². The van der Waals surface area contributed by atoms with Gasteiger partial charge in [0.05, 0.1) is 5.52 Å². The Morgan fingerprint density at radius 1 is 0.950 bits per heavy atom. The molecule has 0 unspecified atom stereocenters. The number of hydrogen-bond donors (Lipinski definition) is 0. The highest BCUT2D eigenvalue weighted by Gasteiger charge is 2.26. The number of benzene rings is 2. The van der Waals surface area contributed by atoms with Crippen LogP contribution in [0.1, 0.15) is 11.1 Å². The van der Waals surface area contributed by atoms with E-state index in [1.165, 1.54) is 28.6 Å². The van der Waals surface area contributed by atoms with E-state index in [-0.39, 0.29) is 0 Å². The van der Waals surface area contributed by atoms with E-state index in [1.807, 2.05) is 12.3 Å². The van der Waals surface area contributed by atoms with Crippen molar-refractivity contribution in [3.8, 4) is 11.1 Å². The fraction of sp³-hybridized carbons (Fsp3) is 0.0588. The lowest BCUT2D eigenvalue weighted by atomic mass is 10.0. The third-order valence-electron chi connectivity index (χ3n) is 4.10. The molecule has 0 aliphatic heterocycles. The standard InChI is InChI=1S/C17H10N2O/c1-2-5-11-10(4-1)8-13-14(11)15-12(6-3-7-18-15)17-16(13)19-9-20-17/h1-7,9H,8H2. The summed E-state index contributed by atoms with van der Waals surface area (Å²) in [5.41, 5.74) is 7.90. The minimum atomic E-state index is 0.847. The van der Waals surface area contributed by atoms with Crippen LogP contribution in [0.2, 0.25) is 0 Å². The van der Waals surface area contributed by atoms with Gasteiger partial charge in [0.15, 0.2) is 12.0 Å². The van der Waals surface area contributed by atoms with E-state index in [2.05, 4.69) is 40.3 Å². The third-order valence-corrected chi connectivity index (χ3v) is 4.10. The van der Waals surface area contributed by atoms with Gasteiger partial charge >= 0.3 is 0 Å². The minimum absolute atomic E-state index is 0.847. The van der Waals surface area contributed by atoms with Gasteiger partial charge in [0, 0.05) is 23.6 Å². The normalized spacial score (nSPS) is 12.8. The maximum atomic E-state index is 5.60. The molecule has 0 saturated carbocycles. The molecule has 0 saturated heterocycles. The Balaban J connectivity index is 2.09. The predicted octanol–water partition coefficient (Wildman–Crippen LogP) is 3.95. The molecule has 0 fully saturated rings. The number of oxazole rings is 1. The Morgan fingerprint density at radius 3 is 2.90 bits per heavy atom. The zero-order valence-electron chi connectivity index (χ0n) is 10.6. The van der Waals surface area contributed by atoms with Gasteiger partial charge in [-0.2, -0.15) is 0 Å². The molecule has 0 atom stereocenters. The molecule has 1 aliphatic rings. The Morgan fingerprint density at radius 2 is 1.90 bits per heavy atom. The first-order chi connectivity index (χ1) is 9.93. The van der Waals surface area contributed by atoms with Crippen LogP contribution in [0.5, 0.6) is 0 Å². The van der Waals surface area contributed by atoms with Crippen LogP contribution < -0.4 is 0 Å². The molecule has 0 bridgehead atoms. The maximum absolute atomic E-state index is 5.60. The van der Waals surface area contributed by atoms with Crippen LogP contribution in [0, 0.1) is 0 Å². The summed E-state index contributed by atoms with van der Waals surface area (Å²) < 4.78 is 5.60. The molecule has 4 aromatic rings. The van der Waals surface area contributed by atoms with Crippen molar-refractivity contribution >= 4 is 22.0 Å². The van der Waals surface area contributed by atoms with Crippen molar-refractivity contribution in [1.29, 1.82) is 0 Å². The number of fused-ring (bicyclic) bond motifs is 8. The Bertz CT molecular complexity index is 985. The first-order valence-corrected chi connectivity index (χ1v) is 6.64.